The van der Waals surface area contributed by atoms with Gasteiger partial charge in [-0.1, -0.05) is 26.2 Å². The number of hydrogen-bond donors (Lipinski definition) is 4. The van der Waals surface area contributed by atoms with Crippen LogP contribution in [0.15, 0.2) is 0 Å². The minimum absolute atomic E-state index is 0.192. The van der Waals surface area contributed by atoms with Gasteiger partial charge in [-0.15, -0.1) is 0 Å². The fourth-order valence-corrected chi connectivity index (χ4v) is 1.42. The van der Waals surface area contributed by atoms with Crippen LogP contribution in [0.25, 0.3) is 0 Å². The smallest absolute Gasteiger partial charge is 0.427 e. The summed E-state index contributed by atoms with van der Waals surface area (Å²) in [6.45, 7) is 4.07. The second-order valence-electron chi connectivity index (χ2n) is 4.17. The lowest BCUT2D eigenvalue weighted by Gasteiger charge is -2.12. The van der Waals surface area contributed by atoms with E-state index in [-0.39, 0.29) is 12.2 Å². The molecular weight excluding hydrogens is 235 g/mol. The molecule has 0 aliphatic carbocycles. The van der Waals surface area contributed by atoms with E-state index in [2.05, 4.69) is 12.2 Å². The van der Waals surface area contributed by atoms with E-state index in [1.807, 2.05) is 0 Å². The molecule has 0 spiro atoms. The molecule has 5 N–H and O–H groups in total. The molecule has 106 valence electrons. The Kier molecular flexibility index (Phi) is 17.8. The van der Waals surface area contributed by atoms with E-state index in [0.717, 1.165) is 32.4 Å². The van der Waals surface area contributed by atoms with Crippen LogP contribution in [-0.4, -0.2) is 42.4 Å². The summed E-state index contributed by atoms with van der Waals surface area (Å²) in [5.41, 5.74) is 5.89. The predicted molar refractivity (Wildman–Crippen MR) is 69.6 cm³/mol. The second kappa shape index (κ2) is 16.3. The molecule has 1 unspecified atom stereocenters. The molecule has 0 rings (SSSR count). The molecule has 0 amide bonds. The molecule has 6 nitrogen and oxygen atoms in total. The van der Waals surface area contributed by atoms with Crippen LogP contribution >= 0.6 is 0 Å². The summed E-state index contributed by atoms with van der Waals surface area (Å²) in [6.07, 6.45) is 5.86. The van der Waals surface area contributed by atoms with Gasteiger partial charge in [-0.05, 0) is 25.7 Å². The third-order valence-electron chi connectivity index (χ3n) is 2.40. The van der Waals surface area contributed by atoms with Gasteiger partial charge in [0.1, 0.15) is 0 Å². The van der Waals surface area contributed by atoms with E-state index in [1.54, 1.807) is 0 Å². The Morgan fingerprint density at radius 3 is 2.39 bits per heavy atom. The molecule has 7 heteroatoms. The molecule has 0 fully saturated rings. The molecule has 1 atom stereocenters. The quantitative estimate of drug-likeness (QED) is 0.318. The van der Waals surface area contributed by atoms with Crippen molar-refractivity contribution in [2.45, 2.75) is 51.4 Å². The van der Waals surface area contributed by atoms with E-state index in [0.29, 0.717) is 6.32 Å². The molecule has 0 saturated heterocycles. The Balaban J connectivity index is 0. The molecule has 0 aromatic rings. The third-order valence-corrected chi connectivity index (χ3v) is 2.40. The number of nitrogens with two attached hydrogens (primary N) is 1. The summed E-state index contributed by atoms with van der Waals surface area (Å²) < 4.78 is 0. The van der Waals surface area contributed by atoms with Gasteiger partial charge in [-0.25, -0.2) is 0 Å². The Morgan fingerprint density at radius 1 is 1.28 bits per heavy atom. The van der Waals surface area contributed by atoms with Gasteiger partial charge in [0.2, 0.25) is 0 Å². The van der Waals surface area contributed by atoms with Crippen molar-refractivity contribution in [2.75, 3.05) is 13.1 Å². The Hall–Kier alpha value is -0.715. The zero-order chi connectivity index (χ0) is 14.2. The van der Waals surface area contributed by atoms with Gasteiger partial charge in [0.25, 0.3) is 0 Å². The van der Waals surface area contributed by atoms with Crippen molar-refractivity contribution in [3.8, 4) is 0 Å². The summed E-state index contributed by atoms with van der Waals surface area (Å²) in [6, 6.07) is 0.192. The van der Waals surface area contributed by atoms with Gasteiger partial charge >= 0.3 is 13.3 Å². The van der Waals surface area contributed by atoms with Gasteiger partial charge in [-0.2, -0.15) is 9.59 Å². The Labute approximate surface area is 109 Å². The molecule has 0 aromatic carbocycles. The van der Waals surface area contributed by atoms with Gasteiger partial charge in [0.05, 0.1) is 0 Å². The summed E-state index contributed by atoms with van der Waals surface area (Å²) in [5.74, 6) is 0. The highest BCUT2D eigenvalue weighted by atomic mass is 16.4. The van der Waals surface area contributed by atoms with Crippen LogP contribution in [-0.2, 0) is 9.59 Å². The zero-order valence-corrected chi connectivity index (χ0v) is 11.1. The van der Waals surface area contributed by atoms with Gasteiger partial charge in [-0.3, -0.25) is 0 Å². The van der Waals surface area contributed by atoms with Crippen LogP contribution in [0.5, 0.6) is 0 Å². The van der Waals surface area contributed by atoms with Crippen molar-refractivity contribution < 1.29 is 19.6 Å². The first-order valence-corrected chi connectivity index (χ1v) is 6.40. The number of unbranched alkanes of at least 4 members (excludes halogenated alkanes) is 2. The highest BCUT2D eigenvalue weighted by molar-refractivity contribution is 6.40. The molecule has 0 aliphatic rings. The summed E-state index contributed by atoms with van der Waals surface area (Å²) >= 11 is 0. The molecule has 0 heterocycles. The SMILES string of the molecule is CCCCNCC(N)CCCCB(O)O.O=C=O. The Morgan fingerprint density at radius 2 is 1.89 bits per heavy atom. The van der Waals surface area contributed by atoms with Crippen molar-refractivity contribution in [1.82, 2.24) is 5.32 Å². The molecule has 0 aliphatic heterocycles. The average Bonchev–Trinajstić information content (AvgIpc) is 2.31. The standard InChI is InChI=1S/C10H25BN2O2.CO2/c1-2-3-8-13-9-10(12)6-4-5-7-11(14)15;2-1-3/h10,13-15H,2-9,12H2,1H3;. The summed E-state index contributed by atoms with van der Waals surface area (Å²) in [5, 5.41) is 20.6. The largest absolute Gasteiger partial charge is 0.451 e. The van der Waals surface area contributed by atoms with Gasteiger partial charge in [0, 0.05) is 12.6 Å². The maximum atomic E-state index is 8.63. The highest BCUT2D eigenvalue weighted by Crippen LogP contribution is 2.03. The first-order chi connectivity index (χ1) is 8.58. The number of rotatable bonds is 10. The van der Waals surface area contributed by atoms with Gasteiger partial charge in [0.15, 0.2) is 0 Å². The van der Waals surface area contributed by atoms with E-state index in [9.17, 15) is 0 Å². The molecule has 18 heavy (non-hydrogen) atoms. The zero-order valence-electron chi connectivity index (χ0n) is 11.1. The normalized spacial score (nSPS) is 11.1. The number of nitrogens with one attached hydrogen (secondary N) is 1. The lowest BCUT2D eigenvalue weighted by molar-refractivity contribution is -0.191. The minimum atomic E-state index is -1.16. The molecule has 0 saturated carbocycles. The molecule has 0 bridgehead atoms. The van der Waals surface area contributed by atoms with E-state index >= 15 is 0 Å². The fourth-order valence-electron chi connectivity index (χ4n) is 1.42. The Bertz CT molecular complexity index is 199. The second-order valence-corrected chi connectivity index (χ2v) is 4.17. The van der Waals surface area contributed by atoms with Gasteiger partial charge < -0.3 is 21.1 Å². The number of carbonyl (C=O) groups excluding carboxylic acids is 2. The fraction of sp³-hybridized carbons (Fsp3) is 0.909. The van der Waals surface area contributed by atoms with Crippen molar-refractivity contribution in [3.05, 3.63) is 0 Å². The van der Waals surface area contributed by atoms with Crippen molar-refractivity contribution >= 4 is 13.3 Å². The third kappa shape index (κ3) is 20.7. The average molecular weight is 260 g/mol. The summed E-state index contributed by atoms with van der Waals surface area (Å²) in [4.78, 5) is 16.2. The van der Waals surface area contributed by atoms with Crippen LogP contribution in [0.4, 0.5) is 0 Å². The monoisotopic (exact) mass is 260 g/mol. The van der Waals surface area contributed by atoms with Crippen molar-refractivity contribution in [1.29, 1.82) is 0 Å². The van der Waals surface area contributed by atoms with Crippen molar-refractivity contribution in [3.63, 3.8) is 0 Å². The van der Waals surface area contributed by atoms with E-state index in [1.165, 1.54) is 12.8 Å². The number of hydrogen-bond acceptors (Lipinski definition) is 6. The topological polar surface area (TPSA) is 113 Å². The molecular formula is C11H25BN2O4. The van der Waals surface area contributed by atoms with Crippen LogP contribution in [0.2, 0.25) is 6.32 Å². The van der Waals surface area contributed by atoms with E-state index < -0.39 is 7.12 Å². The lowest BCUT2D eigenvalue weighted by Crippen LogP contribution is -2.34. The minimum Gasteiger partial charge on any atom is -0.427 e. The molecule has 0 aromatic heterocycles. The maximum absolute atomic E-state index is 8.63. The van der Waals surface area contributed by atoms with Crippen LogP contribution < -0.4 is 11.1 Å². The maximum Gasteiger partial charge on any atom is 0.451 e. The molecule has 0 radical (unpaired) electrons. The van der Waals surface area contributed by atoms with E-state index in [4.69, 9.17) is 25.4 Å². The highest BCUT2D eigenvalue weighted by Gasteiger charge is 2.06. The van der Waals surface area contributed by atoms with Crippen LogP contribution in [0, 0.1) is 0 Å². The van der Waals surface area contributed by atoms with Crippen LogP contribution in [0.3, 0.4) is 0 Å². The first-order valence-electron chi connectivity index (χ1n) is 6.40. The predicted octanol–water partition coefficient (Wildman–Crippen LogP) is -0.237. The van der Waals surface area contributed by atoms with Crippen LogP contribution in [0.1, 0.15) is 39.0 Å². The lowest BCUT2D eigenvalue weighted by atomic mass is 9.83. The van der Waals surface area contributed by atoms with Crippen molar-refractivity contribution in [2.24, 2.45) is 5.73 Å². The first kappa shape index (κ1) is 19.6. The summed E-state index contributed by atoms with van der Waals surface area (Å²) in [7, 11) is -1.16.